The minimum absolute atomic E-state index is 0.570. The van der Waals surface area contributed by atoms with Gasteiger partial charge in [-0.1, -0.05) is 0 Å². The van der Waals surface area contributed by atoms with E-state index in [4.69, 9.17) is 10.4 Å². The molecular formula is C11H10N2O2. The lowest BCUT2D eigenvalue weighted by atomic mass is 10.2. The van der Waals surface area contributed by atoms with Gasteiger partial charge in [-0.3, -0.25) is 0 Å². The van der Waals surface area contributed by atoms with E-state index in [1.54, 1.807) is 24.3 Å². The van der Waals surface area contributed by atoms with Gasteiger partial charge in [-0.15, -0.1) is 0 Å². The molecule has 0 amide bonds. The van der Waals surface area contributed by atoms with Gasteiger partial charge in [-0.25, -0.2) is 4.79 Å². The standard InChI is InChI=1S/C11H10N2O2/c12-7-8-1-3-9(4-2-8)13-11(5-6-11)10(14)15/h1-4,13H,5-6H2,(H,14,15). The summed E-state index contributed by atoms with van der Waals surface area (Å²) in [5.74, 6) is -0.813. The van der Waals surface area contributed by atoms with Crippen LogP contribution in [0.3, 0.4) is 0 Å². The Hall–Kier alpha value is -2.02. The molecule has 15 heavy (non-hydrogen) atoms. The molecule has 0 atom stereocenters. The summed E-state index contributed by atoms with van der Waals surface area (Å²) >= 11 is 0. The minimum Gasteiger partial charge on any atom is -0.480 e. The van der Waals surface area contributed by atoms with Crippen LogP contribution in [0.1, 0.15) is 18.4 Å². The number of nitriles is 1. The van der Waals surface area contributed by atoms with Gasteiger partial charge in [0.2, 0.25) is 0 Å². The van der Waals surface area contributed by atoms with Crippen molar-refractivity contribution in [2.24, 2.45) is 0 Å². The molecule has 4 nitrogen and oxygen atoms in total. The molecule has 4 heteroatoms. The quantitative estimate of drug-likeness (QED) is 0.780. The summed E-state index contributed by atoms with van der Waals surface area (Å²) in [6.45, 7) is 0. The fourth-order valence-corrected chi connectivity index (χ4v) is 1.42. The number of nitrogens with one attached hydrogen (secondary N) is 1. The highest BCUT2D eigenvalue weighted by Crippen LogP contribution is 2.39. The maximum atomic E-state index is 10.9. The molecular weight excluding hydrogens is 192 g/mol. The smallest absolute Gasteiger partial charge is 0.329 e. The predicted molar refractivity (Wildman–Crippen MR) is 54.4 cm³/mol. The van der Waals surface area contributed by atoms with Crippen LogP contribution in [0.4, 0.5) is 5.69 Å². The molecule has 1 aromatic carbocycles. The van der Waals surface area contributed by atoms with Crippen LogP contribution in [-0.2, 0) is 4.79 Å². The van der Waals surface area contributed by atoms with Crippen LogP contribution in [0.2, 0.25) is 0 Å². The van der Waals surface area contributed by atoms with Crippen LogP contribution in [0.5, 0.6) is 0 Å². The monoisotopic (exact) mass is 202 g/mol. The topological polar surface area (TPSA) is 73.1 Å². The van der Waals surface area contributed by atoms with E-state index in [0.717, 1.165) is 5.69 Å². The van der Waals surface area contributed by atoms with Gasteiger partial charge >= 0.3 is 5.97 Å². The van der Waals surface area contributed by atoms with Crippen molar-refractivity contribution in [2.75, 3.05) is 5.32 Å². The van der Waals surface area contributed by atoms with Gasteiger partial charge in [0.1, 0.15) is 5.54 Å². The van der Waals surface area contributed by atoms with Crippen LogP contribution in [0.25, 0.3) is 0 Å². The van der Waals surface area contributed by atoms with Gasteiger partial charge in [0.25, 0.3) is 0 Å². The second-order valence-electron chi connectivity index (χ2n) is 3.70. The van der Waals surface area contributed by atoms with E-state index in [0.29, 0.717) is 18.4 Å². The first-order valence-electron chi connectivity index (χ1n) is 4.68. The lowest BCUT2D eigenvalue weighted by molar-refractivity contribution is -0.138. The van der Waals surface area contributed by atoms with Gasteiger partial charge in [0, 0.05) is 5.69 Å². The summed E-state index contributed by atoms with van der Waals surface area (Å²) < 4.78 is 0. The molecule has 76 valence electrons. The largest absolute Gasteiger partial charge is 0.480 e. The summed E-state index contributed by atoms with van der Waals surface area (Å²) in [6, 6.07) is 8.79. The number of aliphatic carboxylic acids is 1. The van der Waals surface area contributed by atoms with Crippen LogP contribution >= 0.6 is 0 Å². The van der Waals surface area contributed by atoms with Crippen molar-refractivity contribution in [3.05, 3.63) is 29.8 Å². The van der Waals surface area contributed by atoms with Crippen LogP contribution < -0.4 is 5.32 Å². The van der Waals surface area contributed by atoms with Crippen molar-refractivity contribution >= 4 is 11.7 Å². The zero-order chi connectivity index (χ0) is 10.9. The van der Waals surface area contributed by atoms with E-state index in [2.05, 4.69) is 5.32 Å². The molecule has 2 rings (SSSR count). The molecule has 0 bridgehead atoms. The molecule has 0 unspecified atom stereocenters. The molecule has 1 aliphatic carbocycles. The molecule has 1 saturated carbocycles. The van der Waals surface area contributed by atoms with Crippen LogP contribution in [0.15, 0.2) is 24.3 Å². The Kier molecular flexibility index (Phi) is 2.09. The Morgan fingerprint density at radius 2 is 2.00 bits per heavy atom. The average Bonchev–Trinajstić information content (AvgIpc) is 3.00. The predicted octanol–water partition coefficient (Wildman–Crippen LogP) is 1.59. The summed E-state index contributed by atoms with van der Waals surface area (Å²) in [7, 11) is 0. The molecule has 0 saturated heterocycles. The number of carbonyl (C=O) groups is 1. The Balaban J connectivity index is 2.12. The SMILES string of the molecule is N#Cc1ccc(NC2(C(=O)O)CC2)cc1. The summed E-state index contributed by atoms with van der Waals surface area (Å²) in [4.78, 5) is 10.9. The molecule has 0 radical (unpaired) electrons. The van der Waals surface area contributed by atoms with Gasteiger partial charge in [-0.2, -0.15) is 5.26 Å². The number of benzene rings is 1. The van der Waals surface area contributed by atoms with E-state index in [-0.39, 0.29) is 0 Å². The van der Waals surface area contributed by atoms with Crippen LogP contribution in [0, 0.1) is 11.3 Å². The van der Waals surface area contributed by atoms with Crippen molar-refractivity contribution in [1.29, 1.82) is 5.26 Å². The summed E-state index contributed by atoms with van der Waals surface area (Å²) in [6.07, 6.45) is 1.31. The number of carboxylic acids is 1. The highest BCUT2D eigenvalue weighted by Gasteiger charge is 2.50. The first-order chi connectivity index (χ1) is 7.16. The molecule has 1 aromatic rings. The Morgan fingerprint density at radius 1 is 1.40 bits per heavy atom. The van der Waals surface area contributed by atoms with Crippen molar-refractivity contribution in [1.82, 2.24) is 0 Å². The number of anilines is 1. The average molecular weight is 202 g/mol. The number of rotatable bonds is 3. The van der Waals surface area contributed by atoms with Gasteiger partial charge in [-0.05, 0) is 37.1 Å². The number of hydrogen-bond donors (Lipinski definition) is 2. The lowest BCUT2D eigenvalue weighted by Crippen LogP contribution is -2.31. The highest BCUT2D eigenvalue weighted by molar-refractivity contribution is 5.86. The highest BCUT2D eigenvalue weighted by atomic mass is 16.4. The van der Waals surface area contributed by atoms with Crippen molar-refractivity contribution in [3.8, 4) is 6.07 Å². The zero-order valence-electron chi connectivity index (χ0n) is 8.03. The number of hydrogen-bond acceptors (Lipinski definition) is 3. The third kappa shape index (κ3) is 1.77. The molecule has 0 heterocycles. The molecule has 0 spiro atoms. The normalized spacial score (nSPS) is 16.5. The van der Waals surface area contributed by atoms with Crippen LogP contribution in [-0.4, -0.2) is 16.6 Å². The maximum Gasteiger partial charge on any atom is 0.329 e. The van der Waals surface area contributed by atoms with E-state index in [1.165, 1.54) is 0 Å². The van der Waals surface area contributed by atoms with E-state index in [9.17, 15) is 4.79 Å². The summed E-state index contributed by atoms with van der Waals surface area (Å²) in [5, 5.41) is 20.5. The molecule has 1 fully saturated rings. The Bertz CT molecular complexity index is 427. The van der Waals surface area contributed by atoms with Gasteiger partial charge < -0.3 is 10.4 Å². The first-order valence-corrected chi connectivity index (χ1v) is 4.68. The third-order valence-corrected chi connectivity index (χ3v) is 2.56. The van der Waals surface area contributed by atoms with E-state index >= 15 is 0 Å². The lowest BCUT2D eigenvalue weighted by Gasteiger charge is -2.13. The Morgan fingerprint density at radius 3 is 2.40 bits per heavy atom. The van der Waals surface area contributed by atoms with Gasteiger partial charge in [0.05, 0.1) is 11.6 Å². The maximum absolute atomic E-state index is 10.9. The van der Waals surface area contributed by atoms with Crippen molar-refractivity contribution in [2.45, 2.75) is 18.4 Å². The zero-order valence-corrected chi connectivity index (χ0v) is 8.03. The van der Waals surface area contributed by atoms with Crippen molar-refractivity contribution in [3.63, 3.8) is 0 Å². The van der Waals surface area contributed by atoms with Gasteiger partial charge in [0.15, 0.2) is 0 Å². The summed E-state index contributed by atoms with van der Waals surface area (Å²) in [5.41, 5.74) is 0.545. The Labute approximate surface area is 87.1 Å². The first kappa shape index (κ1) is 9.53. The molecule has 1 aliphatic rings. The second kappa shape index (κ2) is 3.28. The molecule has 0 aliphatic heterocycles. The van der Waals surface area contributed by atoms with E-state index in [1.807, 2.05) is 6.07 Å². The second-order valence-corrected chi connectivity index (χ2v) is 3.70. The fourth-order valence-electron chi connectivity index (χ4n) is 1.42. The number of carboxylic acid groups (broad SMARTS) is 1. The number of nitrogens with zero attached hydrogens (tertiary/aromatic N) is 1. The molecule has 2 N–H and O–H groups in total. The minimum atomic E-state index is -0.813. The van der Waals surface area contributed by atoms with Crippen molar-refractivity contribution < 1.29 is 9.90 Å². The third-order valence-electron chi connectivity index (χ3n) is 2.56. The fraction of sp³-hybridized carbons (Fsp3) is 0.273. The van der Waals surface area contributed by atoms with E-state index < -0.39 is 11.5 Å². The molecule has 0 aromatic heterocycles.